The van der Waals surface area contributed by atoms with Crippen LogP contribution in [0.3, 0.4) is 0 Å². The van der Waals surface area contributed by atoms with Gasteiger partial charge < -0.3 is 10.6 Å². The highest BCUT2D eigenvalue weighted by Crippen LogP contribution is 2.41. The minimum absolute atomic E-state index is 0.0575. The molecule has 1 aromatic carbocycles. The van der Waals surface area contributed by atoms with Crippen molar-refractivity contribution in [1.29, 1.82) is 0 Å². The molecule has 3 aliphatic rings. The van der Waals surface area contributed by atoms with Gasteiger partial charge in [0.25, 0.3) is 0 Å². The van der Waals surface area contributed by atoms with Crippen molar-refractivity contribution >= 4 is 22.4 Å². The van der Waals surface area contributed by atoms with E-state index >= 15 is 0 Å². The minimum atomic E-state index is -0.331. The second kappa shape index (κ2) is 8.98. The van der Waals surface area contributed by atoms with Gasteiger partial charge in [0.05, 0.1) is 17.4 Å². The Bertz CT molecular complexity index is 1270. The highest BCUT2D eigenvalue weighted by molar-refractivity contribution is 6.08. The summed E-state index contributed by atoms with van der Waals surface area (Å²) in [6.45, 7) is 3.27. The molecule has 1 saturated heterocycles. The Morgan fingerprint density at radius 3 is 2.80 bits per heavy atom. The normalized spacial score (nSPS) is 28.1. The molecule has 3 aromatic rings. The predicted molar refractivity (Wildman–Crippen MR) is 136 cm³/mol. The van der Waals surface area contributed by atoms with Gasteiger partial charge in [0.2, 0.25) is 0 Å². The van der Waals surface area contributed by atoms with E-state index in [1.165, 1.54) is 30.9 Å². The van der Waals surface area contributed by atoms with Gasteiger partial charge in [0.1, 0.15) is 5.82 Å². The number of Topliss-reactive ketones (excluding diaryl/α,β-unsaturated/α-hetero) is 1. The second-order valence-corrected chi connectivity index (χ2v) is 11.1. The van der Waals surface area contributed by atoms with Crippen molar-refractivity contribution in [1.82, 2.24) is 9.97 Å². The summed E-state index contributed by atoms with van der Waals surface area (Å²) in [5, 5.41) is 0.426. The predicted octanol–water partition coefficient (Wildman–Crippen LogP) is 5.41. The van der Waals surface area contributed by atoms with Crippen LogP contribution in [-0.2, 0) is 6.42 Å². The van der Waals surface area contributed by atoms with Crippen LogP contribution in [0.4, 0.5) is 10.1 Å². The third kappa shape index (κ3) is 4.22. The number of anilines is 1. The minimum Gasteiger partial charge on any atom is -0.367 e. The summed E-state index contributed by atoms with van der Waals surface area (Å²) in [4.78, 5) is 24.8. The Labute approximate surface area is 205 Å². The summed E-state index contributed by atoms with van der Waals surface area (Å²) in [6.07, 6.45) is 12.4. The van der Waals surface area contributed by atoms with E-state index in [0.717, 1.165) is 43.0 Å². The first-order chi connectivity index (χ1) is 17.0. The molecule has 3 fully saturated rings. The van der Waals surface area contributed by atoms with Crippen molar-refractivity contribution in [2.24, 2.45) is 17.6 Å². The second-order valence-electron chi connectivity index (χ2n) is 11.1. The molecule has 0 radical (unpaired) electrons. The van der Waals surface area contributed by atoms with Crippen molar-refractivity contribution in [3.05, 3.63) is 65.4 Å². The summed E-state index contributed by atoms with van der Waals surface area (Å²) in [7, 11) is 0. The average Bonchev–Trinajstić information content (AvgIpc) is 3.48. The molecule has 35 heavy (non-hydrogen) atoms. The Kier molecular flexibility index (Phi) is 5.79. The lowest BCUT2D eigenvalue weighted by molar-refractivity contribution is 0.0994. The van der Waals surface area contributed by atoms with Gasteiger partial charge in [0.15, 0.2) is 5.78 Å². The Morgan fingerprint density at radius 2 is 2.03 bits per heavy atom. The molecule has 3 heterocycles. The van der Waals surface area contributed by atoms with Crippen molar-refractivity contribution in [2.45, 2.75) is 69.9 Å². The van der Waals surface area contributed by atoms with E-state index in [0.29, 0.717) is 34.3 Å². The fraction of sp³-hybridized carbons (Fsp3) is 0.483. The van der Waals surface area contributed by atoms with E-state index < -0.39 is 0 Å². The summed E-state index contributed by atoms with van der Waals surface area (Å²) in [5.41, 5.74) is 10.3. The molecule has 2 unspecified atom stereocenters. The summed E-state index contributed by atoms with van der Waals surface area (Å²) in [6, 6.07) is 7.63. The molecule has 0 spiro atoms. The van der Waals surface area contributed by atoms with E-state index in [2.05, 4.69) is 21.8 Å². The molecule has 6 heteroatoms. The number of hydrogen-bond acceptors (Lipinski definition) is 5. The molecule has 2 saturated carbocycles. The van der Waals surface area contributed by atoms with Gasteiger partial charge in [-0.15, -0.1) is 0 Å². The molecular weight excluding hydrogens is 439 g/mol. The van der Waals surface area contributed by atoms with Gasteiger partial charge in [-0.05, 0) is 91.7 Å². The van der Waals surface area contributed by atoms with Gasteiger partial charge in [-0.1, -0.05) is 6.92 Å². The van der Waals surface area contributed by atoms with Crippen molar-refractivity contribution < 1.29 is 9.18 Å². The number of ketones is 1. The molecule has 1 aliphatic heterocycles. The maximum Gasteiger partial charge on any atom is 0.169 e. The van der Waals surface area contributed by atoms with E-state index in [1.807, 2.05) is 18.3 Å². The molecule has 2 bridgehead atoms. The number of halogens is 1. The number of carbonyl (C=O) groups excluding carboxylic acids is 1. The molecule has 2 N–H and O–H groups in total. The SMILES string of the molecule is C[C@@H]1C[C@H](N)C[C@H](c2ccncc2CC(=O)c2ccc(F)c3cc(N4CC5CCC4C5)cnc23)C1. The van der Waals surface area contributed by atoms with E-state index in [4.69, 9.17) is 5.73 Å². The standard InChI is InChI=1S/C29H33FN4O/c1-17-8-19(11-21(31)9-17)24-6-7-32-14-20(24)12-28(35)25-4-5-27(30)26-13-23(15-33-29(25)26)34-16-18-2-3-22(34)10-18/h4-7,13-15,17-19,21-22H,2-3,8-12,16,31H2,1H3/t17-,18?,19+,21-,22?/m0/s1. The van der Waals surface area contributed by atoms with Crippen LogP contribution in [0.5, 0.6) is 0 Å². The number of aromatic nitrogens is 2. The number of nitrogens with two attached hydrogens (primary N) is 1. The van der Waals surface area contributed by atoms with Crippen molar-refractivity contribution in [3.8, 4) is 0 Å². The van der Waals surface area contributed by atoms with Crippen LogP contribution in [0.1, 0.15) is 72.9 Å². The van der Waals surface area contributed by atoms with Crippen LogP contribution >= 0.6 is 0 Å². The molecule has 5 atom stereocenters. The molecule has 6 rings (SSSR count). The molecule has 5 nitrogen and oxygen atoms in total. The van der Waals surface area contributed by atoms with E-state index in [-0.39, 0.29) is 24.1 Å². The molecule has 182 valence electrons. The summed E-state index contributed by atoms with van der Waals surface area (Å²) in [5.74, 6) is 1.25. The maximum atomic E-state index is 14.9. The largest absolute Gasteiger partial charge is 0.367 e. The zero-order valence-corrected chi connectivity index (χ0v) is 20.3. The average molecular weight is 473 g/mol. The zero-order valence-electron chi connectivity index (χ0n) is 20.3. The molecule has 0 amide bonds. The highest BCUT2D eigenvalue weighted by atomic mass is 19.1. The number of fused-ring (bicyclic) bond motifs is 3. The fourth-order valence-corrected chi connectivity index (χ4v) is 6.96. The number of benzene rings is 1. The van der Waals surface area contributed by atoms with Crippen LogP contribution < -0.4 is 10.6 Å². The van der Waals surface area contributed by atoms with E-state index in [1.54, 1.807) is 18.5 Å². The smallest absolute Gasteiger partial charge is 0.169 e. The third-order valence-electron chi connectivity index (χ3n) is 8.53. The van der Waals surface area contributed by atoms with Gasteiger partial charge in [-0.3, -0.25) is 14.8 Å². The van der Waals surface area contributed by atoms with Gasteiger partial charge in [-0.25, -0.2) is 4.39 Å². The van der Waals surface area contributed by atoms with Crippen LogP contribution in [-0.4, -0.2) is 34.4 Å². The summed E-state index contributed by atoms with van der Waals surface area (Å²) >= 11 is 0. The maximum absolute atomic E-state index is 14.9. The molecule has 2 aromatic heterocycles. The fourth-order valence-electron chi connectivity index (χ4n) is 6.96. The van der Waals surface area contributed by atoms with Crippen LogP contribution in [0.2, 0.25) is 0 Å². The molecular formula is C29H33FN4O. The first kappa shape index (κ1) is 22.6. The number of nitrogens with zero attached hydrogens (tertiary/aromatic N) is 3. The van der Waals surface area contributed by atoms with Gasteiger partial charge in [-0.2, -0.15) is 0 Å². The molecule has 2 aliphatic carbocycles. The monoisotopic (exact) mass is 472 g/mol. The van der Waals surface area contributed by atoms with Gasteiger partial charge in [0, 0.05) is 48.4 Å². The lowest BCUT2D eigenvalue weighted by Crippen LogP contribution is -2.31. The van der Waals surface area contributed by atoms with Crippen molar-refractivity contribution in [2.75, 3.05) is 11.4 Å². The third-order valence-corrected chi connectivity index (χ3v) is 8.53. The number of piperidine rings is 1. The lowest BCUT2D eigenvalue weighted by Gasteiger charge is -2.32. The zero-order chi connectivity index (χ0) is 24.1. The Balaban J connectivity index is 1.30. The number of carbonyl (C=O) groups is 1. The van der Waals surface area contributed by atoms with Crippen LogP contribution in [0.25, 0.3) is 10.9 Å². The van der Waals surface area contributed by atoms with E-state index in [9.17, 15) is 9.18 Å². The topological polar surface area (TPSA) is 72.1 Å². The summed E-state index contributed by atoms with van der Waals surface area (Å²) < 4.78 is 14.9. The Hall–Kier alpha value is -2.86. The van der Waals surface area contributed by atoms with Crippen molar-refractivity contribution in [3.63, 3.8) is 0 Å². The number of pyridine rings is 2. The first-order valence-corrected chi connectivity index (χ1v) is 13.0. The lowest BCUT2D eigenvalue weighted by atomic mass is 9.75. The highest BCUT2D eigenvalue weighted by Gasteiger charge is 2.38. The van der Waals surface area contributed by atoms with Gasteiger partial charge >= 0.3 is 0 Å². The van der Waals surface area contributed by atoms with Crippen LogP contribution in [0, 0.1) is 17.7 Å². The Morgan fingerprint density at radius 1 is 1.14 bits per heavy atom. The number of rotatable bonds is 5. The quantitative estimate of drug-likeness (QED) is 0.503. The van der Waals surface area contributed by atoms with Crippen LogP contribution in [0.15, 0.2) is 42.9 Å². The number of hydrogen-bond donors (Lipinski definition) is 1. The first-order valence-electron chi connectivity index (χ1n) is 13.0.